The second-order valence-electron chi connectivity index (χ2n) is 5.63. The Morgan fingerprint density at radius 3 is 2.87 bits per heavy atom. The summed E-state index contributed by atoms with van der Waals surface area (Å²) in [5, 5.41) is 14.5. The van der Waals surface area contributed by atoms with Crippen molar-refractivity contribution in [3.05, 3.63) is 50.6 Å². The molecule has 2 aromatic rings. The Bertz CT molecular complexity index is 735. The molecule has 23 heavy (non-hydrogen) atoms. The third-order valence-electron chi connectivity index (χ3n) is 4.10. The van der Waals surface area contributed by atoms with Gasteiger partial charge in [0.15, 0.2) is 5.75 Å². The van der Waals surface area contributed by atoms with Gasteiger partial charge in [-0.1, -0.05) is 6.07 Å². The lowest BCUT2D eigenvalue weighted by atomic mass is 9.76. The highest BCUT2D eigenvalue weighted by atomic mass is 32.1. The summed E-state index contributed by atoms with van der Waals surface area (Å²) in [5.74, 6) is 0.0283. The number of methoxy groups -OCH3 is 1. The van der Waals surface area contributed by atoms with Gasteiger partial charge in [-0.15, -0.1) is 11.3 Å². The van der Waals surface area contributed by atoms with Gasteiger partial charge in [-0.3, -0.25) is 9.59 Å². The fourth-order valence-electron chi connectivity index (χ4n) is 2.76. The van der Waals surface area contributed by atoms with Gasteiger partial charge in [-0.25, -0.2) is 0 Å². The maximum absolute atomic E-state index is 12.4. The van der Waals surface area contributed by atoms with Gasteiger partial charge in [0.05, 0.1) is 19.3 Å². The molecule has 0 saturated heterocycles. The molecule has 0 radical (unpaired) electrons. The number of amides is 1. The second kappa shape index (κ2) is 6.55. The van der Waals surface area contributed by atoms with Crippen LogP contribution in [-0.2, 0) is 0 Å². The maximum atomic E-state index is 12.4. The minimum atomic E-state index is -0.344. The molecule has 0 bridgehead atoms. The number of aromatic amines is 1. The number of thiophene rings is 1. The maximum Gasteiger partial charge on any atom is 0.268 e. The molecule has 0 aromatic carbocycles. The van der Waals surface area contributed by atoms with E-state index in [1.165, 1.54) is 19.4 Å². The molecular formula is C16H18N2O4S. The standard InChI is InChI=1S/C16H18N2O4S/c1-22-13-8-17-11(7-12(13)20)16(21)18-15(9-5-10(19)6-9)14-3-2-4-23-14/h2-4,7-10,15,19H,5-6H2,1H3,(H,17,20)(H,18,21)/t9?,10?,15-/m1/s1. The third-order valence-corrected chi connectivity index (χ3v) is 5.05. The van der Waals surface area contributed by atoms with E-state index >= 15 is 0 Å². The lowest BCUT2D eigenvalue weighted by Gasteiger charge is -2.37. The van der Waals surface area contributed by atoms with Crippen LogP contribution < -0.4 is 15.5 Å². The smallest absolute Gasteiger partial charge is 0.268 e. The first-order valence-corrected chi connectivity index (χ1v) is 8.25. The topological polar surface area (TPSA) is 91.4 Å². The van der Waals surface area contributed by atoms with E-state index in [0.29, 0.717) is 12.8 Å². The number of rotatable bonds is 5. The summed E-state index contributed by atoms with van der Waals surface area (Å²) in [4.78, 5) is 28.1. The summed E-state index contributed by atoms with van der Waals surface area (Å²) in [6, 6.07) is 4.98. The van der Waals surface area contributed by atoms with Crippen molar-refractivity contribution in [1.82, 2.24) is 10.3 Å². The molecule has 6 nitrogen and oxygen atoms in total. The summed E-state index contributed by atoms with van der Waals surface area (Å²) in [6.07, 6.45) is 2.43. The van der Waals surface area contributed by atoms with Crippen molar-refractivity contribution in [3.8, 4) is 5.75 Å². The number of carbonyl (C=O) groups excluding carboxylic acids is 1. The highest BCUT2D eigenvalue weighted by Crippen LogP contribution is 2.39. The zero-order valence-corrected chi connectivity index (χ0v) is 13.4. The van der Waals surface area contributed by atoms with Crippen LogP contribution in [0.3, 0.4) is 0 Å². The fraction of sp³-hybridized carbons (Fsp3) is 0.375. The summed E-state index contributed by atoms with van der Waals surface area (Å²) in [7, 11) is 1.40. The quantitative estimate of drug-likeness (QED) is 0.776. The lowest BCUT2D eigenvalue weighted by Crippen LogP contribution is -2.41. The Balaban J connectivity index is 1.78. The predicted octanol–water partition coefficient (Wildman–Crippen LogP) is 1.69. The first-order chi connectivity index (χ1) is 11.1. The van der Waals surface area contributed by atoms with Gasteiger partial charge in [-0.2, -0.15) is 0 Å². The van der Waals surface area contributed by atoms with Crippen LogP contribution in [0, 0.1) is 5.92 Å². The van der Waals surface area contributed by atoms with E-state index in [2.05, 4.69) is 10.3 Å². The molecule has 3 N–H and O–H groups in total. The van der Waals surface area contributed by atoms with Crippen LogP contribution in [0.4, 0.5) is 0 Å². The Hall–Kier alpha value is -2.12. The van der Waals surface area contributed by atoms with E-state index in [1.54, 1.807) is 11.3 Å². The van der Waals surface area contributed by atoms with Gasteiger partial charge >= 0.3 is 0 Å². The van der Waals surface area contributed by atoms with Crippen molar-refractivity contribution in [2.45, 2.75) is 25.0 Å². The van der Waals surface area contributed by atoms with Crippen molar-refractivity contribution >= 4 is 17.2 Å². The second-order valence-corrected chi connectivity index (χ2v) is 6.61. The van der Waals surface area contributed by atoms with Crippen LogP contribution in [0.2, 0.25) is 0 Å². The van der Waals surface area contributed by atoms with Gasteiger partial charge in [0, 0.05) is 17.1 Å². The molecular weight excluding hydrogens is 316 g/mol. The molecule has 3 rings (SSSR count). The van der Waals surface area contributed by atoms with E-state index in [0.717, 1.165) is 4.88 Å². The number of aliphatic hydroxyl groups is 1. The normalized spacial score (nSPS) is 21.3. The zero-order chi connectivity index (χ0) is 16.4. The van der Waals surface area contributed by atoms with Crippen LogP contribution in [0.5, 0.6) is 5.75 Å². The molecule has 122 valence electrons. The largest absolute Gasteiger partial charge is 0.491 e. The SMILES string of the molecule is COc1c[nH]c(C(=O)N[C@@H](c2cccs2)C2CC(O)C2)cc1=O. The van der Waals surface area contributed by atoms with E-state index in [1.807, 2.05) is 17.5 Å². The van der Waals surface area contributed by atoms with Crippen LogP contribution >= 0.6 is 11.3 Å². The van der Waals surface area contributed by atoms with Crippen molar-refractivity contribution in [2.75, 3.05) is 7.11 Å². The summed E-state index contributed by atoms with van der Waals surface area (Å²) >= 11 is 1.57. The van der Waals surface area contributed by atoms with Gasteiger partial charge in [0.2, 0.25) is 5.43 Å². The van der Waals surface area contributed by atoms with E-state index in [-0.39, 0.29) is 40.8 Å². The molecule has 0 unspecified atom stereocenters. The van der Waals surface area contributed by atoms with Crippen molar-refractivity contribution < 1.29 is 14.6 Å². The molecule has 1 aliphatic carbocycles. The monoisotopic (exact) mass is 334 g/mol. The number of hydrogen-bond acceptors (Lipinski definition) is 5. The summed E-state index contributed by atoms with van der Waals surface area (Å²) < 4.78 is 4.89. The summed E-state index contributed by atoms with van der Waals surface area (Å²) in [5.41, 5.74) is -0.152. The average molecular weight is 334 g/mol. The number of carbonyl (C=O) groups is 1. The molecule has 1 saturated carbocycles. The summed E-state index contributed by atoms with van der Waals surface area (Å²) in [6.45, 7) is 0. The lowest BCUT2D eigenvalue weighted by molar-refractivity contribution is 0.0240. The van der Waals surface area contributed by atoms with Gasteiger partial charge in [0.1, 0.15) is 5.69 Å². The highest BCUT2D eigenvalue weighted by Gasteiger charge is 2.36. The van der Waals surface area contributed by atoms with Crippen LogP contribution in [0.25, 0.3) is 0 Å². The number of ether oxygens (including phenoxy) is 1. The predicted molar refractivity (Wildman–Crippen MR) is 86.9 cm³/mol. The minimum Gasteiger partial charge on any atom is -0.491 e. The highest BCUT2D eigenvalue weighted by molar-refractivity contribution is 7.10. The van der Waals surface area contributed by atoms with E-state index in [9.17, 15) is 14.7 Å². The van der Waals surface area contributed by atoms with Crippen molar-refractivity contribution in [2.24, 2.45) is 5.92 Å². The number of hydrogen-bond donors (Lipinski definition) is 3. The van der Waals surface area contributed by atoms with Crippen LogP contribution in [0.15, 0.2) is 34.6 Å². The Morgan fingerprint density at radius 1 is 1.52 bits per heavy atom. The van der Waals surface area contributed by atoms with E-state index in [4.69, 9.17) is 4.74 Å². The number of H-pyrrole nitrogens is 1. The van der Waals surface area contributed by atoms with E-state index < -0.39 is 0 Å². The molecule has 1 aliphatic rings. The van der Waals surface area contributed by atoms with Crippen LogP contribution in [0.1, 0.15) is 34.2 Å². The van der Waals surface area contributed by atoms with Gasteiger partial charge in [0.25, 0.3) is 5.91 Å². The van der Waals surface area contributed by atoms with Crippen molar-refractivity contribution in [3.63, 3.8) is 0 Å². The number of pyridine rings is 1. The minimum absolute atomic E-state index is 0.156. The zero-order valence-electron chi connectivity index (χ0n) is 12.6. The van der Waals surface area contributed by atoms with Crippen molar-refractivity contribution in [1.29, 1.82) is 0 Å². The number of nitrogens with one attached hydrogen (secondary N) is 2. The molecule has 2 heterocycles. The third kappa shape index (κ3) is 3.30. The molecule has 0 aliphatic heterocycles. The molecule has 0 spiro atoms. The Labute approximate surface area is 137 Å². The average Bonchev–Trinajstić information content (AvgIpc) is 3.03. The Morgan fingerprint density at radius 2 is 2.30 bits per heavy atom. The number of aliphatic hydroxyl groups excluding tert-OH is 1. The first kappa shape index (κ1) is 15.8. The van der Waals surface area contributed by atoms with Gasteiger partial charge < -0.3 is 20.1 Å². The first-order valence-electron chi connectivity index (χ1n) is 7.37. The molecule has 2 aromatic heterocycles. The molecule has 7 heteroatoms. The molecule has 1 amide bonds. The molecule has 1 atom stereocenters. The fourth-order valence-corrected chi connectivity index (χ4v) is 3.63. The van der Waals surface area contributed by atoms with Gasteiger partial charge in [-0.05, 0) is 30.2 Å². The number of aromatic nitrogens is 1. The van der Waals surface area contributed by atoms with Crippen LogP contribution in [-0.4, -0.2) is 29.2 Å². The Kier molecular flexibility index (Phi) is 4.49. The molecule has 1 fully saturated rings.